The maximum Gasteiger partial charge on any atom is 0.256 e. The van der Waals surface area contributed by atoms with Crippen molar-refractivity contribution in [2.45, 2.75) is 33.1 Å². The van der Waals surface area contributed by atoms with Crippen LogP contribution in [0.25, 0.3) is 5.70 Å². The maximum absolute atomic E-state index is 12.8. The van der Waals surface area contributed by atoms with Gasteiger partial charge in [0.05, 0.1) is 6.54 Å². The van der Waals surface area contributed by atoms with Gasteiger partial charge in [-0.05, 0) is 19.1 Å². The minimum absolute atomic E-state index is 0. The normalized spacial score (nSPS) is 13.8. The molecule has 3 nitrogen and oxygen atoms in total. The number of carbonyl (C=O) groups is 1. The number of alkyl halides is 2. The number of benzene rings is 1. The Labute approximate surface area is 166 Å². The van der Waals surface area contributed by atoms with Crippen molar-refractivity contribution in [3.05, 3.63) is 35.4 Å². The van der Waals surface area contributed by atoms with Crippen molar-refractivity contribution in [2.24, 2.45) is 0 Å². The van der Waals surface area contributed by atoms with Crippen molar-refractivity contribution in [3.8, 4) is 17.6 Å². The van der Waals surface area contributed by atoms with E-state index < -0.39 is 13.0 Å². The number of hydrogen-bond acceptors (Lipinski definition) is 2. The molecule has 0 saturated carbocycles. The number of carbonyl (C=O) groups excluding carboxylic acids is 1. The summed E-state index contributed by atoms with van der Waals surface area (Å²) in [4.78, 5) is 13.1. The Hall–Kier alpha value is -1.25. The number of amides is 1. The topological polar surface area (TPSA) is 29.5 Å². The van der Waals surface area contributed by atoms with Crippen LogP contribution in [0.1, 0.15) is 30.9 Å². The van der Waals surface area contributed by atoms with Crippen LogP contribution in [0.3, 0.4) is 0 Å². The van der Waals surface area contributed by atoms with E-state index in [1.807, 2.05) is 6.92 Å². The van der Waals surface area contributed by atoms with Gasteiger partial charge in [0.25, 0.3) is 6.43 Å². The monoisotopic (exact) mass is 407 g/mol. The van der Waals surface area contributed by atoms with Crippen molar-refractivity contribution in [1.29, 1.82) is 0 Å². The fourth-order valence-electron chi connectivity index (χ4n) is 2.40. The Morgan fingerprint density at radius 3 is 2.79 bits per heavy atom. The first-order valence-electron chi connectivity index (χ1n) is 7.35. The van der Waals surface area contributed by atoms with Crippen LogP contribution in [0.5, 0.6) is 5.75 Å². The number of hydrogen-bond donors (Lipinski definition) is 0. The minimum atomic E-state index is -2.58. The van der Waals surface area contributed by atoms with Crippen LogP contribution in [0.2, 0.25) is 0 Å². The third-order valence-electron chi connectivity index (χ3n) is 3.46. The SMILES string of the molecule is CC#CCOc1ccc(C2=[C-]CCC(=O)N2CC(F)F)c(C)c1.[Y]. The quantitative estimate of drug-likeness (QED) is 0.553. The van der Waals surface area contributed by atoms with Gasteiger partial charge in [-0.15, -0.1) is 35.2 Å². The number of rotatable bonds is 5. The van der Waals surface area contributed by atoms with Crippen LogP contribution in [0, 0.1) is 24.8 Å². The molecule has 1 aromatic carbocycles. The van der Waals surface area contributed by atoms with Crippen molar-refractivity contribution in [2.75, 3.05) is 13.2 Å². The van der Waals surface area contributed by atoms with Crippen LogP contribution in [-0.2, 0) is 37.5 Å². The summed E-state index contributed by atoms with van der Waals surface area (Å²) in [5.74, 6) is 5.90. The Kier molecular flexibility index (Phi) is 8.59. The molecule has 0 fully saturated rings. The molecule has 0 unspecified atom stereocenters. The van der Waals surface area contributed by atoms with E-state index in [1.165, 1.54) is 0 Å². The van der Waals surface area contributed by atoms with E-state index in [0.29, 0.717) is 30.0 Å². The van der Waals surface area contributed by atoms with Crippen molar-refractivity contribution >= 4 is 11.6 Å². The van der Waals surface area contributed by atoms with Crippen LogP contribution >= 0.6 is 0 Å². The average molecular weight is 407 g/mol. The van der Waals surface area contributed by atoms with Gasteiger partial charge in [0.1, 0.15) is 12.4 Å². The molecule has 0 aromatic heterocycles. The van der Waals surface area contributed by atoms with Gasteiger partial charge in [-0.2, -0.15) is 0 Å². The number of aryl methyl sites for hydroxylation is 1. The molecule has 0 bridgehead atoms. The zero-order valence-corrected chi connectivity index (χ0v) is 16.6. The second kappa shape index (κ2) is 9.91. The Balaban J connectivity index is 0.00000288. The van der Waals surface area contributed by atoms with Gasteiger partial charge in [-0.1, -0.05) is 12.8 Å². The van der Waals surface area contributed by atoms with Crippen molar-refractivity contribution < 1.29 is 51.0 Å². The number of ether oxygens (including phenoxy) is 1. The molecule has 1 heterocycles. The Morgan fingerprint density at radius 2 is 2.17 bits per heavy atom. The summed E-state index contributed by atoms with van der Waals surface area (Å²) < 4.78 is 31.0. The molecule has 0 aliphatic carbocycles. The Morgan fingerprint density at radius 1 is 1.42 bits per heavy atom. The first-order valence-corrected chi connectivity index (χ1v) is 7.35. The van der Waals surface area contributed by atoms with E-state index in [9.17, 15) is 13.6 Å². The van der Waals surface area contributed by atoms with Gasteiger partial charge in [-0.3, -0.25) is 4.79 Å². The fourth-order valence-corrected chi connectivity index (χ4v) is 2.40. The fraction of sp³-hybridized carbons (Fsp3) is 0.389. The first kappa shape index (κ1) is 20.8. The molecule has 1 aliphatic heterocycles. The van der Waals surface area contributed by atoms with Gasteiger partial charge in [0.2, 0.25) is 5.91 Å². The third-order valence-corrected chi connectivity index (χ3v) is 3.46. The zero-order valence-electron chi connectivity index (χ0n) is 13.7. The molecule has 6 heteroatoms. The largest absolute Gasteiger partial charge is 0.481 e. The molecule has 125 valence electrons. The molecule has 2 rings (SSSR count). The summed E-state index contributed by atoms with van der Waals surface area (Å²) in [5.41, 5.74) is 1.98. The molecule has 1 aromatic rings. The van der Waals surface area contributed by atoms with Crippen LogP contribution in [0.4, 0.5) is 8.78 Å². The number of allylic oxidation sites excluding steroid dienone is 1. The number of nitrogens with zero attached hydrogens (tertiary/aromatic N) is 1. The summed E-state index contributed by atoms with van der Waals surface area (Å²) in [5, 5.41) is 0. The third kappa shape index (κ3) is 5.39. The smallest absolute Gasteiger partial charge is 0.256 e. The zero-order chi connectivity index (χ0) is 16.8. The molecule has 0 spiro atoms. The second-order valence-corrected chi connectivity index (χ2v) is 5.11. The molecule has 0 saturated heterocycles. The maximum atomic E-state index is 12.8. The van der Waals surface area contributed by atoms with Gasteiger partial charge in [-0.25, -0.2) is 14.9 Å². The molecule has 0 atom stereocenters. The predicted octanol–water partition coefficient (Wildman–Crippen LogP) is 3.43. The van der Waals surface area contributed by atoms with Crippen LogP contribution in [0.15, 0.2) is 18.2 Å². The second-order valence-electron chi connectivity index (χ2n) is 5.11. The molecular weight excluding hydrogens is 389 g/mol. The molecule has 24 heavy (non-hydrogen) atoms. The van der Waals surface area contributed by atoms with Gasteiger partial charge >= 0.3 is 0 Å². The van der Waals surface area contributed by atoms with Gasteiger partial charge < -0.3 is 9.64 Å². The van der Waals surface area contributed by atoms with E-state index in [4.69, 9.17) is 4.74 Å². The summed E-state index contributed by atoms with van der Waals surface area (Å²) in [6.45, 7) is 3.27. The first-order chi connectivity index (χ1) is 11.0. The van der Waals surface area contributed by atoms with E-state index >= 15 is 0 Å². The standard InChI is InChI=1S/C18H18F2NO2.Y/c1-3-4-10-23-14-8-9-15(13(2)11-14)16-6-5-7-18(22)21(16)12-17(19)20;/h8-9,11,17H,5,7,10,12H2,1-2H3;/q-1;. The average Bonchev–Trinajstić information content (AvgIpc) is 2.50. The molecule has 1 aliphatic rings. The molecule has 0 N–H and O–H groups in total. The molecular formula is C18H18F2NO2Y-. The predicted molar refractivity (Wildman–Crippen MR) is 83.7 cm³/mol. The minimum Gasteiger partial charge on any atom is -0.481 e. The summed E-state index contributed by atoms with van der Waals surface area (Å²) in [7, 11) is 0. The van der Waals surface area contributed by atoms with Crippen LogP contribution in [-0.4, -0.2) is 30.4 Å². The van der Waals surface area contributed by atoms with Gasteiger partial charge in [0.15, 0.2) is 0 Å². The number of halogens is 2. The molecule has 1 radical (unpaired) electrons. The van der Waals surface area contributed by atoms with E-state index in [1.54, 1.807) is 25.1 Å². The van der Waals surface area contributed by atoms with Crippen LogP contribution < -0.4 is 4.74 Å². The summed E-state index contributed by atoms with van der Waals surface area (Å²) in [6, 6.07) is 5.32. The summed E-state index contributed by atoms with van der Waals surface area (Å²) in [6.07, 6.45) is 1.14. The van der Waals surface area contributed by atoms with E-state index in [-0.39, 0.29) is 45.0 Å². The van der Waals surface area contributed by atoms with E-state index in [0.717, 1.165) is 10.5 Å². The van der Waals surface area contributed by atoms with Crippen molar-refractivity contribution in [3.63, 3.8) is 0 Å². The van der Waals surface area contributed by atoms with Gasteiger partial charge in [0, 0.05) is 39.1 Å². The molecule has 1 amide bonds. The van der Waals surface area contributed by atoms with Crippen molar-refractivity contribution in [1.82, 2.24) is 4.90 Å². The summed E-state index contributed by atoms with van der Waals surface area (Å²) >= 11 is 0. The Bertz CT molecular complexity index is 677. The van der Waals surface area contributed by atoms with E-state index in [2.05, 4.69) is 17.9 Å².